The normalized spacial score (nSPS) is 12.1. The van der Waals surface area contributed by atoms with Gasteiger partial charge in [-0.25, -0.2) is 8.42 Å². The van der Waals surface area contributed by atoms with Crippen LogP contribution in [0.15, 0.2) is 71.6 Å². The molecule has 1 N–H and O–H groups in total. The van der Waals surface area contributed by atoms with Crippen LogP contribution in [0.2, 0.25) is 10.0 Å². The maximum Gasteiger partial charge on any atom is 0.264 e. The average molecular weight is 591 g/mol. The Morgan fingerprint density at radius 3 is 2.15 bits per heavy atom. The van der Waals surface area contributed by atoms with Gasteiger partial charge in [-0.1, -0.05) is 77.7 Å². The van der Waals surface area contributed by atoms with Crippen LogP contribution in [0.1, 0.15) is 37.0 Å². The Balaban J connectivity index is 2.05. The molecule has 0 bridgehead atoms. The summed E-state index contributed by atoms with van der Waals surface area (Å²) in [5, 5.41) is 3.27. The largest absolute Gasteiger partial charge is 0.354 e. The number of nitrogens with one attached hydrogen (secondary N) is 1. The summed E-state index contributed by atoms with van der Waals surface area (Å²) in [6, 6.07) is 17.4. The molecule has 0 fully saturated rings. The third kappa shape index (κ3) is 7.97. The maximum atomic E-state index is 13.9. The molecular weight excluding hydrogens is 557 g/mol. The monoisotopic (exact) mass is 589 g/mol. The van der Waals surface area contributed by atoms with Crippen molar-refractivity contribution >= 4 is 50.7 Å². The Hall–Kier alpha value is -3.07. The predicted molar refractivity (Wildman–Crippen MR) is 157 cm³/mol. The minimum Gasteiger partial charge on any atom is -0.354 e. The molecule has 7 nitrogen and oxygen atoms in total. The third-order valence-electron chi connectivity index (χ3n) is 6.18. The van der Waals surface area contributed by atoms with Gasteiger partial charge in [-0.05, 0) is 63.1 Å². The van der Waals surface area contributed by atoms with Crippen molar-refractivity contribution in [2.75, 3.05) is 17.4 Å². The summed E-state index contributed by atoms with van der Waals surface area (Å²) in [5.74, 6) is -0.876. The summed E-state index contributed by atoms with van der Waals surface area (Å²) in [6.45, 7) is 7.37. The molecule has 0 heterocycles. The van der Waals surface area contributed by atoms with Gasteiger partial charge in [-0.2, -0.15) is 0 Å². The molecule has 3 rings (SSSR count). The van der Waals surface area contributed by atoms with Crippen LogP contribution in [-0.4, -0.2) is 44.3 Å². The molecule has 208 valence electrons. The highest BCUT2D eigenvalue weighted by atomic mass is 35.5. The lowest BCUT2D eigenvalue weighted by atomic mass is 10.1. The van der Waals surface area contributed by atoms with E-state index in [1.54, 1.807) is 19.1 Å². The van der Waals surface area contributed by atoms with E-state index < -0.39 is 28.5 Å². The van der Waals surface area contributed by atoms with Gasteiger partial charge in [0.15, 0.2) is 0 Å². The standard InChI is InChI=1S/C29H33Cl2N3O4S/c1-5-13-32-29(36)22(4)33(18-23-8-6-7-21(3)14-23)28(35)19-34(26-16-24(30)15-25(31)17-26)39(37,38)27-11-9-20(2)10-12-27/h6-12,14-17,22H,5,13,18-19H2,1-4H3,(H,32,36)/t22-/m1/s1. The van der Waals surface area contributed by atoms with E-state index in [9.17, 15) is 18.0 Å². The van der Waals surface area contributed by atoms with Crippen molar-refractivity contribution in [3.8, 4) is 0 Å². The molecule has 0 saturated carbocycles. The van der Waals surface area contributed by atoms with E-state index in [-0.39, 0.29) is 33.1 Å². The topological polar surface area (TPSA) is 86.8 Å². The van der Waals surface area contributed by atoms with Gasteiger partial charge >= 0.3 is 0 Å². The molecular formula is C29H33Cl2N3O4S. The highest BCUT2D eigenvalue weighted by molar-refractivity contribution is 7.92. The fraction of sp³-hybridized carbons (Fsp3) is 0.310. The van der Waals surface area contributed by atoms with Crippen LogP contribution in [0.4, 0.5) is 5.69 Å². The quantitative estimate of drug-likeness (QED) is 0.308. The first-order valence-corrected chi connectivity index (χ1v) is 14.8. The molecule has 39 heavy (non-hydrogen) atoms. The van der Waals surface area contributed by atoms with Crippen molar-refractivity contribution in [1.82, 2.24) is 10.2 Å². The van der Waals surface area contributed by atoms with E-state index >= 15 is 0 Å². The predicted octanol–water partition coefficient (Wildman–Crippen LogP) is 5.75. The van der Waals surface area contributed by atoms with Crippen molar-refractivity contribution in [2.45, 2.75) is 51.6 Å². The van der Waals surface area contributed by atoms with E-state index in [1.807, 2.05) is 45.0 Å². The number of aryl methyl sites for hydroxylation is 2. The molecule has 0 aliphatic carbocycles. The summed E-state index contributed by atoms with van der Waals surface area (Å²) < 4.78 is 28.7. The summed E-state index contributed by atoms with van der Waals surface area (Å²) in [4.78, 5) is 28.2. The number of nitrogens with zero attached hydrogens (tertiary/aromatic N) is 2. The summed E-state index contributed by atoms with van der Waals surface area (Å²) in [5.41, 5.74) is 2.84. The van der Waals surface area contributed by atoms with Crippen molar-refractivity contribution in [2.24, 2.45) is 0 Å². The van der Waals surface area contributed by atoms with Crippen molar-refractivity contribution in [3.63, 3.8) is 0 Å². The SMILES string of the molecule is CCCNC(=O)[C@@H](C)N(Cc1cccc(C)c1)C(=O)CN(c1cc(Cl)cc(Cl)c1)S(=O)(=O)c1ccc(C)cc1. The zero-order valence-corrected chi connectivity index (χ0v) is 24.8. The summed E-state index contributed by atoms with van der Waals surface area (Å²) >= 11 is 12.4. The molecule has 0 radical (unpaired) electrons. The average Bonchev–Trinajstić information content (AvgIpc) is 2.88. The lowest BCUT2D eigenvalue weighted by molar-refractivity contribution is -0.139. The number of sulfonamides is 1. The number of hydrogen-bond donors (Lipinski definition) is 1. The molecule has 1 atom stereocenters. The number of carbonyl (C=O) groups is 2. The van der Waals surface area contributed by atoms with Crippen LogP contribution < -0.4 is 9.62 Å². The van der Waals surface area contributed by atoms with Gasteiger partial charge in [0.2, 0.25) is 11.8 Å². The fourth-order valence-electron chi connectivity index (χ4n) is 4.04. The Morgan fingerprint density at radius 1 is 0.923 bits per heavy atom. The van der Waals surface area contributed by atoms with Gasteiger partial charge in [0.1, 0.15) is 12.6 Å². The van der Waals surface area contributed by atoms with Crippen LogP contribution in [0.5, 0.6) is 0 Å². The minimum absolute atomic E-state index is 0.0102. The van der Waals surface area contributed by atoms with Gasteiger partial charge in [0.05, 0.1) is 10.6 Å². The van der Waals surface area contributed by atoms with Gasteiger partial charge < -0.3 is 10.2 Å². The zero-order valence-electron chi connectivity index (χ0n) is 22.4. The lowest BCUT2D eigenvalue weighted by Crippen LogP contribution is -2.51. The molecule has 3 aromatic rings. The van der Waals surface area contributed by atoms with Crippen LogP contribution >= 0.6 is 23.2 Å². The van der Waals surface area contributed by atoms with Gasteiger partial charge in [-0.15, -0.1) is 0 Å². The second-order valence-electron chi connectivity index (χ2n) is 9.43. The van der Waals surface area contributed by atoms with Gasteiger partial charge in [0, 0.05) is 23.1 Å². The van der Waals surface area contributed by atoms with Crippen molar-refractivity contribution < 1.29 is 18.0 Å². The smallest absolute Gasteiger partial charge is 0.264 e. The molecule has 0 aliphatic rings. The number of halogens is 2. The van der Waals surface area contributed by atoms with Crippen LogP contribution in [0.25, 0.3) is 0 Å². The van der Waals surface area contributed by atoms with Crippen molar-refractivity contribution in [3.05, 3.63) is 93.5 Å². The Labute approximate surface area is 240 Å². The molecule has 3 aromatic carbocycles. The summed E-state index contributed by atoms with van der Waals surface area (Å²) in [7, 11) is -4.20. The number of benzene rings is 3. The third-order valence-corrected chi connectivity index (χ3v) is 8.40. The van der Waals surface area contributed by atoms with Gasteiger partial charge in [-0.3, -0.25) is 13.9 Å². The minimum atomic E-state index is -4.20. The van der Waals surface area contributed by atoms with E-state index in [0.717, 1.165) is 27.4 Å². The van der Waals surface area contributed by atoms with Crippen LogP contribution in [0, 0.1) is 13.8 Å². The van der Waals surface area contributed by atoms with Crippen molar-refractivity contribution in [1.29, 1.82) is 0 Å². The van der Waals surface area contributed by atoms with Crippen LogP contribution in [-0.2, 0) is 26.2 Å². The number of hydrogen-bond acceptors (Lipinski definition) is 4. The molecule has 0 aromatic heterocycles. The molecule has 2 amide bonds. The molecule has 0 spiro atoms. The highest BCUT2D eigenvalue weighted by Crippen LogP contribution is 2.30. The zero-order chi connectivity index (χ0) is 28.7. The Kier molecular flexibility index (Phi) is 10.4. The molecule has 10 heteroatoms. The van der Waals surface area contributed by atoms with Crippen LogP contribution in [0.3, 0.4) is 0 Å². The number of carbonyl (C=O) groups excluding carboxylic acids is 2. The number of rotatable bonds is 11. The first kappa shape index (κ1) is 30.5. The van der Waals surface area contributed by atoms with E-state index in [4.69, 9.17) is 23.2 Å². The highest BCUT2D eigenvalue weighted by Gasteiger charge is 2.32. The van der Waals surface area contributed by atoms with E-state index in [0.29, 0.717) is 6.54 Å². The van der Waals surface area contributed by atoms with E-state index in [1.165, 1.54) is 35.2 Å². The molecule has 0 unspecified atom stereocenters. The van der Waals surface area contributed by atoms with E-state index in [2.05, 4.69) is 5.32 Å². The lowest BCUT2D eigenvalue weighted by Gasteiger charge is -2.32. The number of amides is 2. The maximum absolute atomic E-state index is 13.9. The second-order valence-corrected chi connectivity index (χ2v) is 12.2. The Bertz CT molecular complexity index is 1410. The molecule has 0 saturated heterocycles. The first-order chi connectivity index (χ1) is 18.4. The Morgan fingerprint density at radius 2 is 1.56 bits per heavy atom. The van der Waals surface area contributed by atoms with Gasteiger partial charge in [0.25, 0.3) is 10.0 Å². The first-order valence-electron chi connectivity index (χ1n) is 12.6. The molecule has 0 aliphatic heterocycles. The number of anilines is 1. The second kappa shape index (κ2) is 13.3. The fourth-order valence-corrected chi connectivity index (χ4v) is 5.95. The summed E-state index contributed by atoms with van der Waals surface area (Å²) in [6.07, 6.45) is 0.738.